The second-order valence-corrected chi connectivity index (χ2v) is 14.9. The number of nitrogens with two attached hydrogens (primary N) is 1. The summed E-state index contributed by atoms with van der Waals surface area (Å²) in [6, 6.07) is 2.96. The monoisotopic (exact) mass is 601 g/mol. The van der Waals surface area contributed by atoms with Gasteiger partial charge in [0.25, 0.3) is 0 Å². The van der Waals surface area contributed by atoms with Crippen molar-refractivity contribution in [3.05, 3.63) is 27.7 Å². The lowest BCUT2D eigenvalue weighted by Gasteiger charge is -2.55. The van der Waals surface area contributed by atoms with Crippen molar-refractivity contribution < 1.29 is 8.78 Å². The first-order valence-corrected chi connectivity index (χ1v) is 16.6. The van der Waals surface area contributed by atoms with Crippen molar-refractivity contribution in [3.63, 3.8) is 0 Å². The molecule has 6 rings (SSSR count). The molecule has 10 heteroatoms. The minimum absolute atomic E-state index is 0.108. The van der Waals surface area contributed by atoms with Crippen molar-refractivity contribution in [2.75, 3.05) is 65.6 Å². The van der Waals surface area contributed by atoms with Crippen LogP contribution in [0.2, 0.25) is 0 Å². The van der Waals surface area contributed by atoms with Gasteiger partial charge in [0.05, 0.1) is 5.56 Å². The number of hydrogen-bond acceptors (Lipinski definition) is 7. The summed E-state index contributed by atoms with van der Waals surface area (Å²) in [5, 5.41) is 10.4. The van der Waals surface area contributed by atoms with Gasteiger partial charge in [-0.25, -0.2) is 4.39 Å². The summed E-state index contributed by atoms with van der Waals surface area (Å²) in [5.74, 6) is 0.831. The molecule has 0 amide bonds. The van der Waals surface area contributed by atoms with Gasteiger partial charge in [-0.3, -0.25) is 9.89 Å². The zero-order valence-corrected chi connectivity index (χ0v) is 27.0. The standard InChI is InChI=1S/C25H37FN6S.C7H12FN/c1-6-30(5)23(20(26)22(29-4)31-12-8-10-24(2,3)14-31)32-15-25(16-32)11-7-9-18-19(25)17(13-27)21(28)33-18;8-6-4-7-2-1-3-9(7)5-6/h6-12,14-16,28H2,1-5H3;6-7H,1-5H2/b23-20-,29-22?;. The summed E-state index contributed by atoms with van der Waals surface area (Å²) in [6.07, 6.45) is 8.09. The molecule has 4 fully saturated rings. The number of anilines is 1. The second-order valence-electron chi connectivity index (χ2n) is 13.8. The average molecular weight is 602 g/mol. The van der Waals surface area contributed by atoms with Crippen LogP contribution in [-0.4, -0.2) is 97.6 Å². The van der Waals surface area contributed by atoms with Gasteiger partial charge in [0.2, 0.25) is 5.83 Å². The summed E-state index contributed by atoms with van der Waals surface area (Å²) < 4.78 is 28.8. The number of aryl methyl sites for hydroxylation is 1. The lowest BCUT2D eigenvalue weighted by molar-refractivity contribution is 0.0526. The first-order valence-electron chi connectivity index (χ1n) is 15.8. The van der Waals surface area contributed by atoms with Gasteiger partial charge in [-0.2, -0.15) is 9.65 Å². The Morgan fingerprint density at radius 3 is 2.57 bits per heavy atom. The summed E-state index contributed by atoms with van der Waals surface area (Å²) in [7, 11) is 3.64. The van der Waals surface area contributed by atoms with E-state index < -0.39 is 6.17 Å². The highest BCUT2D eigenvalue weighted by atomic mass is 32.1. The van der Waals surface area contributed by atoms with Crippen LogP contribution in [0.1, 0.15) is 81.7 Å². The number of likely N-dealkylation sites (tertiary alicyclic amines) is 2. The van der Waals surface area contributed by atoms with Crippen molar-refractivity contribution in [3.8, 4) is 6.07 Å². The summed E-state index contributed by atoms with van der Waals surface area (Å²) in [5.41, 5.74) is 8.02. The number of piperidine rings is 1. The number of rotatable bonds is 4. The third-order valence-corrected chi connectivity index (χ3v) is 11.2. The average Bonchev–Trinajstić information content (AvgIpc) is 3.60. The van der Waals surface area contributed by atoms with Crippen molar-refractivity contribution in [2.24, 2.45) is 10.4 Å². The van der Waals surface area contributed by atoms with Gasteiger partial charge >= 0.3 is 0 Å². The van der Waals surface area contributed by atoms with Gasteiger partial charge in [-0.15, -0.1) is 11.3 Å². The molecular weight excluding hydrogens is 552 g/mol. The molecular formula is C32H49F2N7S. The van der Waals surface area contributed by atoms with Crippen LogP contribution in [-0.2, 0) is 11.8 Å². The number of hydrogen-bond donors (Lipinski definition) is 1. The number of aliphatic imine (C=N–C) groups is 1. The van der Waals surface area contributed by atoms with E-state index in [0.717, 1.165) is 63.7 Å². The predicted molar refractivity (Wildman–Crippen MR) is 168 cm³/mol. The van der Waals surface area contributed by atoms with E-state index in [0.29, 0.717) is 54.4 Å². The molecule has 0 aromatic carbocycles. The highest BCUT2D eigenvalue weighted by molar-refractivity contribution is 7.16. The zero-order chi connectivity index (χ0) is 30.2. The minimum atomic E-state index is -0.518. The Labute approximate surface area is 255 Å². The fourth-order valence-corrected chi connectivity index (χ4v) is 9.20. The van der Waals surface area contributed by atoms with E-state index in [-0.39, 0.29) is 16.7 Å². The van der Waals surface area contributed by atoms with Crippen molar-refractivity contribution in [1.29, 1.82) is 5.26 Å². The van der Waals surface area contributed by atoms with Gasteiger partial charge < -0.3 is 20.4 Å². The molecule has 5 heterocycles. The molecule has 1 spiro atoms. The van der Waals surface area contributed by atoms with Gasteiger partial charge in [-0.1, -0.05) is 13.8 Å². The van der Waals surface area contributed by atoms with Crippen LogP contribution >= 0.6 is 11.3 Å². The van der Waals surface area contributed by atoms with Crippen molar-refractivity contribution in [2.45, 2.75) is 89.8 Å². The summed E-state index contributed by atoms with van der Waals surface area (Å²) in [4.78, 5) is 14.2. The second kappa shape index (κ2) is 12.3. The first-order chi connectivity index (χ1) is 20.0. The molecule has 232 valence electrons. The van der Waals surface area contributed by atoms with Gasteiger partial charge in [0.1, 0.15) is 23.1 Å². The number of halogens is 2. The molecule has 4 saturated heterocycles. The molecule has 42 heavy (non-hydrogen) atoms. The van der Waals surface area contributed by atoms with Crippen LogP contribution in [0.3, 0.4) is 0 Å². The third kappa shape index (κ3) is 5.88. The number of fused-ring (bicyclic) bond motifs is 3. The van der Waals surface area contributed by atoms with Gasteiger partial charge in [0.15, 0.2) is 5.84 Å². The van der Waals surface area contributed by atoms with Gasteiger partial charge in [-0.05, 0) is 75.8 Å². The Morgan fingerprint density at radius 1 is 1.17 bits per heavy atom. The maximum absolute atomic E-state index is 16.2. The van der Waals surface area contributed by atoms with E-state index >= 15 is 4.39 Å². The smallest absolute Gasteiger partial charge is 0.205 e. The number of amidine groups is 1. The van der Waals surface area contributed by atoms with E-state index in [1.807, 2.05) is 18.9 Å². The number of nitrogens with zero attached hydrogens (tertiary/aromatic N) is 6. The summed E-state index contributed by atoms with van der Waals surface area (Å²) >= 11 is 1.56. The zero-order valence-electron chi connectivity index (χ0n) is 26.2. The lowest BCUT2D eigenvalue weighted by Crippen LogP contribution is -2.61. The van der Waals surface area contributed by atoms with Crippen molar-refractivity contribution in [1.82, 2.24) is 19.6 Å². The highest BCUT2D eigenvalue weighted by Crippen LogP contribution is 2.51. The molecule has 2 unspecified atom stereocenters. The molecule has 5 aliphatic rings. The lowest BCUT2D eigenvalue weighted by atomic mass is 9.66. The molecule has 1 aromatic heterocycles. The number of nitriles is 1. The number of alkyl halides is 1. The van der Waals surface area contributed by atoms with Crippen LogP contribution in [0.25, 0.3) is 0 Å². The fraction of sp³-hybridized carbons (Fsp3) is 0.750. The van der Waals surface area contributed by atoms with E-state index in [1.165, 1.54) is 17.7 Å². The van der Waals surface area contributed by atoms with Crippen LogP contribution in [0, 0.1) is 16.7 Å². The first kappa shape index (κ1) is 31.1. The maximum Gasteiger partial charge on any atom is 0.205 e. The Hall–Kier alpha value is -2.38. The Kier molecular flexibility index (Phi) is 9.11. The van der Waals surface area contributed by atoms with E-state index in [4.69, 9.17) is 5.73 Å². The van der Waals surface area contributed by atoms with Crippen LogP contribution in [0.15, 0.2) is 16.6 Å². The number of nitrogen functional groups attached to an aromatic ring is 1. The third-order valence-electron chi connectivity index (χ3n) is 10.1. The van der Waals surface area contributed by atoms with Gasteiger partial charge in [0, 0.05) is 69.7 Å². The van der Waals surface area contributed by atoms with E-state index in [1.54, 1.807) is 18.4 Å². The molecule has 2 atom stereocenters. The molecule has 1 aromatic rings. The largest absolute Gasteiger partial charge is 0.389 e. The predicted octanol–water partition coefficient (Wildman–Crippen LogP) is 5.52. The molecule has 7 nitrogen and oxygen atoms in total. The maximum atomic E-state index is 16.2. The minimum Gasteiger partial charge on any atom is -0.389 e. The van der Waals surface area contributed by atoms with Crippen LogP contribution < -0.4 is 5.73 Å². The van der Waals surface area contributed by atoms with E-state index in [9.17, 15) is 9.65 Å². The summed E-state index contributed by atoms with van der Waals surface area (Å²) in [6.45, 7) is 12.1. The Morgan fingerprint density at radius 2 is 1.93 bits per heavy atom. The topological polar surface area (TPSA) is 75.1 Å². The fourth-order valence-electron chi connectivity index (χ4n) is 8.01. The Bertz CT molecular complexity index is 1230. The van der Waals surface area contributed by atoms with Crippen LogP contribution in [0.5, 0.6) is 0 Å². The Balaban J connectivity index is 0.000000330. The number of thiophene rings is 1. The SMILES string of the molecule is CCN(C)/C(=C(/F)C(=NC)N1CCCC(C)(C)C1)N1CC2(CCCc3sc(N)c(C#N)c32)C1.FC1CC2CCCN2C1. The van der Waals surface area contributed by atoms with Crippen LogP contribution in [0.4, 0.5) is 13.8 Å². The van der Waals surface area contributed by atoms with E-state index in [2.05, 4.69) is 39.6 Å². The molecule has 0 bridgehead atoms. The molecule has 2 N–H and O–H groups in total. The molecule has 0 radical (unpaired) electrons. The molecule has 0 saturated carbocycles. The van der Waals surface area contributed by atoms with Crippen molar-refractivity contribution >= 4 is 22.2 Å². The highest BCUT2D eigenvalue weighted by Gasteiger charge is 2.51. The molecule has 4 aliphatic heterocycles. The molecule has 1 aliphatic carbocycles. The normalized spacial score (nSPS) is 27.0. The quantitative estimate of drug-likeness (QED) is 0.362.